The lowest BCUT2D eigenvalue weighted by Gasteiger charge is -2.25. The molecule has 2 aromatic rings. The Morgan fingerprint density at radius 1 is 1.19 bits per heavy atom. The molecule has 0 aromatic heterocycles. The number of fused-ring (bicyclic) bond motifs is 1. The van der Waals surface area contributed by atoms with Crippen LogP contribution in [0.15, 0.2) is 42.5 Å². The molecule has 0 saturated heterocycles. The monoisotopic (exact) mass is 303 g/mol. The maximum absolute atomic E-state index is 11.5. The van der Waals surface area contributed by atoms with Gasteiger partial charge in [0.1, 0.15) is 5.75 Å². The van der Waals surface area contributed by atoms with Gasteiger partial charge in [0.25, 0.3) is 0 Å². The van der Waals surface area contributed by atoms with Crippen LogP contribution in [-0.4, -0.2) is 24.2 Å². The number of anilines is 2. The molecule has 0 spiro atoms. The first-order chi connectivity index (χ1) is 10.2. The molecule has 21 heavy (non-hydrogen) atoms. The van der Waals surface area contributed by atoms with E-state index >= 15 is 0 Å². The Kier molecular flexibility index (Phi) is 3.71. The molecule has 5 heteroatoms. The molecule has 4 nitrogen and oxygen atoms in total. The van der Waals surface area contributed by atoms with Gasteiger partial charge in [0.05, 0.1) is 23.5 Å². The van der Waals surface area contributed by atoms with Crippen molar-refractivity contribution >= 4 is 28.9 Å². The highest BCUT2D eigenvalue weighted by Gasteiger charge is 2.22. The maximum Gasteiger partial charge on any atom is 0.337 e. The molecule has 0 amide bonds. The summed E-state index contributed by atoms with van der Waals surface area (Å²) in [7, 11) is 0. The highest BCUT2D eigenvalue weighted by atomic mass is 35.5. The molecular formula is C16H14ClNO3. The largest absolute Gasteiger partial charge is 0.491 e. The number of hydrogen-bond donors (Lipinski definition) is 1. The van der Waals surface area contributed by atoms with Gasteiger partial charge in [0, 0.05) is 11.6 Å². The predicted molar refractivity (Wildman–Crippen MR) is 82.0 cm³/mol. The number of aromatic carboxylic acids is 1. The molecule has 108 valence electrons. The summed E-state index contributed by atoms with van der Waals surface area (Å²) >= 11 is 5.93. The summed E-state index contributed by atoms with van der Waals surface area (Å²) in [6, 6.07) is 12.6. The first-order valence-corrected chi connectivity index (χ1v) is 7.07. The molecule has 0 saturated carbocycles. The number of carbonyl (C=O) groups is 1. The Labute approximate surface area is 127 Å². The van der Waals surface area contributed by atoms with Gasteiger partial charge >= 0.3 is 5.97 Å². The predicted octanol–water partition coefficient (Wildman–Crippen LogP) is 3.96. The van der Waals surface area contributed by atoms with Gasteiger partial charge in [0.2, 0.25) is 0 Å². The van der Waals surface area contributed by atoms with E-state index in [4.69, 9.17) is 16.3 Å². The number of para-hydroxylation sites is 2. The Hall–Kier alpha value is -2.20. The molecular weight excluding hydrogens is 290 g/mol. The summed E-state index contributed by atoms with van der Waals surface area (Å²) in [6.07, 6.45) is 0.816. The van der Waals surface area contributed by atoms with Crippen LogP contribution in [0, 0.1) is 0 Å². The van der Waals surface area contributed by atoms with E-state index in [0.717, 1.165) is 17.9 Å². The fraction of sp³-hybridized carbons (Fsp3) is 0.188. The number of benzene rings is 2. The quantitative estimate of drug-likeness (QED) is 0.912. The standard InChI is InChI=1S/C16H14ClNO3/c17-11-6-7-13(12(10-11)16(19)20)18-8-3-9-21-15-5-2-1-4-14(15)18/h1-2,4-7,10H,3,8-9H2,(H,19,20). The molecule has 3 rings (SSSR count). The fourth-order valence-corrected chi connectivity index (χ4v) is 2.66. The second kappa shape index (κ2) is 5.66. The van der Waals surface area contributed by atoms with Crippen LogP contribution in [0.2, 0.25) is 5.02 Å². The van der Waals surface area contributed by atoms with Crippen LogP contribution in [0.25, 0.3) is 0 Å². The lowest BCUT2D eigenvalue weighted by Crippen LogP contribution is -2.20. The van der Waals surface area contributed by atoms with E-state index in [9.17, 15) is 9.90 Å². The van der Waals surface area contributed by atoms with Crippen molar-refractivity contribution in [2.24, 2.45) is 0 Å². The fourth-order valence-electron chi connectivity index (χ4n) is 2.49. The van der Waals surface area contributed by atoms with E-state index < -0.39 is 5.97 Å². The SMILES string of the molecule is O=C(O)c1cc(Cl)ccc1N1CCCOc2ccccc21. The Morgan fingerprint density at radius 2 is 2.00 bits per heavy atom. The number of hydrogen-bond acceptors (Lipinski definition) is 3. The van der Waals surface area contributed by atoms with Gasteiger partial charge in [-0.2, -0.15) is 0 Å². The number of rotatable bonds is 2. The van der Waals surface area contributed by atoms with Crippen LogP contribution in [0.5, 0.6) is 5.75 Å². The van der Waals surface area contributed by atoms with E-state index in [1.807, 2.05) is 29.2 Å². The summed E-state index contributed by atoms with van der Waals surface area (Å²) in [5.74, 6) is -0.226. The van der Waals surface area contributed by atoms with Crippen LogP contribution in [0.4, 0.5) is 11.4 Å². The smallest absolute Gasteiger partial charge is 0.337 e. The zero-order chi connectivity index (χ0) is 14.8. The van der Waals surface area contributed by atoms with Crippen molar-refractivity contribution in [3.8, 4) is 5.75 Å². The number of nitrogens with zero attached hydrogens (tertiary/aromatic N) is 1. The number of halogens is 1. The van der Waals surface area contributed by atoms with Crippen LogP contribution >= 0.6 is 11.6 Å². The summed E-state index contributed by atoms with van der Waals surface area (Å²) < 4.78 is 5.71. The van der Waals surface area contributed by atoms with Gasteiger partial charge in [0.15, 0.2) is 0 Å². The van der Waals surface area contributed by atoms with E-state index in [2.05, 4.69) is 0 Å². The summed E-state index contributed by atoms with van der Waals surface area (Å²) in [5, 5.41) is 9.83. The lowest BCUT2D eigenvalue weighted by atomic mass is 10.1. The lowest BCUT2D eigenvalue weighted by molar-refractivity contribution is 0.0697. The van der Waals surface area contributed by atoms with Crippen molar-refractivity contribution in [2.75, 3.05) is 18.1 Å². The Bertz CT molecular complexity index is 687. The third-order valence-electron chi connectivity index (χ3n) is 3.42. The van der Waals surface area contributed by atoms with E-state index in [1.54, 1.807) is 12.1 Å². The molecule has 1 aliphatic rings. The van der Waals surface area contributed by atoms with Crippen LogP contribution in [0.3, 0.4) is 0 Å². The molecule has 0 fully saturated rings. The first kappa shape index (κ1) is 13.8. The topological polar surface area (TPSA) is 49.8 Å². The Balaban J connectivity index is 2.14. The zero-order valence-electron chi connectivity index (χ0n) is 11.3. The van der Waals surface area contributed by atoms with Gasteiger partial charge in [-0.25, -0.2) is 4.79 Å². The second-order valence-electron chi connectivity index (χ2n) is 4.79. The highest BCUT2D eigenvalue weighted by molar-refractivity contribution is 6.31. The third-order valence-corrected chi connectivity index (χ3v) is 3.65. The van der Waals surface area contributed by atoms with Gasteiger partial charge in [-0.3, -0.25) is 0 Å². The molecule has 0 atom stereocenters. The normalized spacial score (nSPS) is 14.0. The van der Waals surface area contributed by atoms with Crippen LogP contribution < -0.4 is 9.64 Å². The summed E-state index contributed by atoms with van der Waals surface area (Å²) in [6.45, 7) is 1.31. The minimum absolute atomic E-state index is 0.194. The van der Waals surface area contributed by atoms with Crippen molar-refractivity contribution in [3.05, 3.63) is 53.1 Å². The summed E-state index contributed by atoms with van der Waals surface area (Å²) in [4.78, 5) is 13.5. The third kappa shape index (κ3) is 2.67. The number of carboxylic acids is 1. The van der Waals surface area contributed by atoms with Crippen molar-refractivity contribution in [3.63, 3.8) is 0 Å². The first-order valence-electron chi connectivity index (χ1n) is 6.69. The average molecular weight is 304 g/mol. The van der Waals surface area contributed by atoms with Crippen molar-refractivity contribution < 1.29 is 14.6 Å². The minimum atomic E-state index is -0.991. The molecule has 0 radical (unpaired) electrons. The van der Waals surface area contributed by atoms with Gasteiger partial charge < -0.3 is 14.7 Å². The molecule has 0 aliphatic carbocycles. The van der Waals surface area contributed by atoms with Crippen LogP contribution in [-0.2, 0) is 0 Å². The molecule has 0 bridgehead atoms. The average Bonchev–Trinajstić information content (AvgIpc) is 2.69. The van der Waals surface area contributed by atoms with E-state index in [-0.39, 0.29) is 5.56 Å². The number of ether oxygens (including phenoxy) is 1. The van der Waals surface area contributed by atoms with Gasteiger partial charge in [-0.15, -0.1) is 0 Å². The zero-order valence-corrected chi connectivity index (χ0v) is 12.0. The second-order valence-corrected chi connectivity index (χ2v) is 5.22. The minimum Gasteiger partial charge on any atom is -0.491 e. The van der Waals surface area contributed by atoms with Gasteiger partial charge in [-0.1, -0.05) is 23.7 Å². The van der Waals surface area contributed by atoms with E-state index in [0.29, 0.717) is 23.9 Å². The highest BCUT2D eigenvalue weighted by Crippen LogP contribution is 2.37. The maximum atomic E-state index is 11.5. The summed E-state index contributed by atoms with van der Waals surface area (Å²) in [5.41, 5.74) is 1.70. The molecule has 2 aromatic carbocycles. The number of carboxylic acid groups (broad SMARTS) is 1. The van der Waals surface area contributed by atoms with Crippen LogP contribution in [0.1, 0.15) is 16.8 Å². The van der Waals surface area contributed by atoms with E-state index in [1.165, 1.54) is 6.07 Å². The Morgan fingerprint density at radius 3 is 2.81 bits per heavy atom. The van der Waals surface area contributed by atoms with Gasteiger partial charge in [-0.05, 0) is 36.8 Å². The molecule has 1 aliphatic heterocycles. The molecule has 0 unspecified atom stereocenters. The van der Waals surface area contributed by atoms with Crippen molar-refractivity contribution in [2.45, 2.75) is 6.42 Å². The molecule has 1 N–H and O–H groups in total. The van der Waals surface area contributed by atoms with Crippen molar-refractivity contribution in [1.82, 2.24) is 0 Å². The molecule has 1 heterocycles. The van der Waals surface area contributed by atoms with Crippen molar-refractivity contribution in [1.29, 1.82) is 0 Å².